The van der Waals surface area contributed by atoms with E-state index in [0.29, 0.717) is 12.0 Å². The summed E-state index contributed by atoms with van der Waals surface area (Å²) in [4.78, 5) is 4.21. The van der Waals surface area contributed by atoms with Gasteiger partial charge in [-0.1, -0.05) is 13.8 Å². The molecule has 0 atom stereocenters. The summed E-state index contributed by atoms with van der Waals surface area (Å²) in [6.07, 6.45) is 6.46. The van der Waals surface area contributed by atoms with Crippen LogP contribution < -0.4 is 9.47 Å². The SMILES string of the molecule is CC(C)Oc1cncc(OC2CC2)c1C(C)C. The molecule has 1 aromatic rings. The second-order valence-electron chi connectivity index (χ2n) is 5.19. The van der Waals surface area contributed by atoms with Crippen LogP contribution in [0.2, 0.25) is 0 Å². The average molecular weight is 235 g/mol. The van der Waals surface area contributed by atoms with E-state index in [1.807, 2.05) is 13.8 Å². The molecule has 1 aromatic heterocycles. The molecule has 3 nitrogen and oxygen atoms in total. The predicted molar refractivity (Wildman–Crippen MR) is 67.7 cm³/mol. The molecule has 0 N–H and O–H groups in total. The predicted octanol–water partition coefficient (Wildman–Crippen LogP) is 3.53. The average Bonchev–Trinajstić information content (AvgIpc) is 3.00. The molecule has 0 unspecified atom stereocenters. The Hall–Kier alpha value is -1.25. The van der Waals surface area contributed by atoms with Gasteiger partial charge in [-0.05, 0) is 32.6 Å². The fraction of sp³-hybridized carbons (Fsp3) is 0.643. The highest BCUT2D eigenvalue weighted by Crippen LogP contribution is 2.37. The minimum atomic E-state index is 0.158. The fourth-order valence-electron chi connectivity index (χ4n) is 1.81. The largest absolute Gasteiger partial charge is 0.489 e. The van der Waals surface area contributed by atoms with E-state index in [0.717, 1.165) is 29.9 Å². The molecule has 0 saturated heterocycles. The van der Waals surface area contributed by atoms with Crippen molar-refractivity contribution in [2.24, 2.45) is 0 Å². The second kappa shape index (κ2) is 4.94. The highest BCUT2D eigenvalue weighted by molar-refractivity contribution is 5.44. The normalized spacial score (nSPS) is 15.4. The van der Waals surface area contributed by atoms with Crippen LogP contribution in [0.3, 0.4) is 0 Å². The molecule has 1 saturated carbocycles. The van der Waals surface area contributed by atoms with Crippen LogP contribution in [-0.2, 0) is 0 Å². The Morgan fingerprint density at radius 2 is 1.76 bits per heavy atom. The molecule has 0 amide bonds. The third-order valence-electron chi connectivity index (χ3n) is 2.67. The lowest BCUT2D eigenvalue weighted by Crippen LogP contribution is -2.10. The topological polar surface area (TPSA) is 31.4 Å². The van der Waals surface area contributed by atoms with Crippen molar-refractivity contribution in [3.8, 4) is 11.5 Å². The molecule has 3 heteroatoms. The van der Waals surface area contributed by atoms with Crippen molar-refractivity contribution in [1.82, 2.24) is 4.98 Å². The van der Waals surface area contributed by atoms with Crippen LogP contribution in [0.15, 0.2) is 12.4 Å². The molecule has 2 rings (SSSR count). The minimum Gasteiger partial charge on any atom is -0.489 e. The van der Waals surface area contributed by atoms with Gasteiger partial charge in [0.2, 0.25) is 0 Å². The third-order valence-corrected chi connectivity index (χ3v) is 2.67. The van der Waals surface area contributed by atoms with Crippen LogP contribution in [0.25, 0.3) is 0 Å². The molecular weight excluding hydrogens is 214 g/mol. The standard InChI is InChI=1S/C14H21NO2/c1-9(2)14-12(16-10(3)4)7-15-8-13(14)17-11-5-6-11/h7-11H,5-6H2,1-4H3. The van der Waals surface area contributed by atoms with Crippen LogP contribution in [-0.4, -0.2) is 17.2 Å². The third kappa shape index (κ3) is 3.11. The molecule has 0 aliphatic heterocycles. The first-order chi connectivity index (χ1) is 8.08. The number of hydrogen-bond acceptors (Lipinski definition) is 3. The molecule has 0 bridgehead atoms. The van der Waals surface area contributed by atoms with Crippen LogP contribution in [0.5, 0.6) is 11.5 Å². The zero-order valence-corrected chi connectivity index (χ0v) is 11.1. The van der Waals surface area contributed by atoms with E-state index >= 15 is 0 Å². The van der Waals surface area contributed by atoms with Gasteiger partial charge in [0.1, 0.15) is 11.5 Å². The summed E-state index contributed by atoms with van der Waals surface area (Å²) in [5, 5.41) is 0. The van der Waals surface area contributed by atoms with E-state index in [-0.39, 0.29) is 6.10 Å². The Bertz CT molecular complexity index is 362. The lowest BCUT2D eigenvalue weighted by molar-refractivity contribution is 0.233. The Kier molecular flexibility index (Phi) is 3.55. The van der Waals surface area contributed by atoms with Crippen molar-refractivity contribution in [3.05, 3.63) is 18.0 Å². The number of ether oxygens (including phenoxy) is 2. The summed E-state index contributed by atoms with van der Waals surface area (Å²) in [6, 6.07) is 0. The first-order valence-electron chi connectivity index (χ1n) is 6.39. The first kappa shape index (κ1) is 12.2. The van der Waals surface area contributed by atoms with Crippen LogP contribution in [0.4, 0.5) is 0 Å². The highest BCUT2D eigenvalue weighted by Gasteiger charge is 2.26. The van der Waals surface area contributed by atoms with Gasteiger partial charge in [0.05, 0.1) is 24.6 Å². The maximum absolute atomic E-state index is 5.90. The maximum atomic E-state index is 5.90. The van der Waals surface area contributed by atoms with E-state index in [4.69, 9.17) is 9.47 Å². The summed E-state index contributed by atoms with van der Waals surface area (Å²) in [5.74, 6) is 2.12. The van der Waals surface area contributed by atoms with Gasteiger partial charge in [-0.2, -0.15) is 0 Å². The van der Waals surface area contributed by atoms with Gasteiger partial charge in [0.15, 0.2) is 0 Å². The zero-order valence-electron chi connectivity index (χ0n) is 11.1. The van der Waals surface area contributed by atoms with Crippen molar-refractivity contribution in [2.75, 3.05) is 0 Å². The smallest absolute Gasteiger partial charge is 0.145 e. The molecule has 0 radical (unpaired) electrons. The molecule has 1 fully saturated rings. The van der Waals surface area contributed by atoms with E-state index < -0.39 is 0 Å². The molecule has 0 spiro atoms. The van der Waals surface area contributed by atoms with Crippen molar-refractivity contribution in [1.29, 1.82) is 0 Å². The monoisotopic (exact) mass is 235 g/mol. The van der Waals surface area contributed by atoms with Crippen LogP contribution >= 0.6 is 0 Å². The summed E-state index contributed by atoms with van der Waals surface area (Å²) < 4.78 is 11.7. The zero-order chi connectivity index (χ0) is 12.4. The van der Waals surface area contributed by atoms with Gasteiger partial charge in [0.25, 0.3) is 0 Å². The van der Waals surface area contributed by atoms with Crippen molar-refractivity contribution in [2.45, 2.75) is 58.7 Å². The highest BCUT2D eigenvalue weighted by atomic mass is 16.5. The molecule has 1 heterocycles. The van der Waals surface area contributed by atoms with Crippen LogP contribution in [0.1, 0.15) is 52.0 Å². The number of rotatable bonds is 5. The fourth-order valence-corrected chi connectivity index (χ4v) is 1.81. The summed E-state index contributed by atoms with van der Waals surface area (Å²) in [6.45, 7) is 8.36. The summed E-state index contributed by atoms with van der Waals surface area (Å²) in [5.41, 5.74) is 1.14. The number of pyridine rings is 1. The second-order valence-corrected chi connectivity index (χ2v) is 5.19. The number of hydrogen-bond donors (Lipinski definition) is 0. The minimum absolute atomic E-state index is 0.158. The van der Waals surface area contributed by atoms with Gasteiger partial charge >= 0.3 is 0 Å². The van der Waals surface area contributed by atoms with Gasteiger partial charge in [-0.3, -0.25) is 4.98 Å². The van der Waals surface area contributed by atoms with Gasteiger partial charge < -0.3 is 9.47 Å². The lowest BCUT2D eigenvalue weighted by Gasteiger charge is -2.19. The summed E-state index contributed by atoms with van der Waals surface area (Å²) >= 11 is 0. The van der Waals surface area contributed by atoms with E-state index in [9.17, 15) is 0 Å². The summed E-state index contributed by atoms with van der Waals surface area (Å²) in [7, 11) is 0. The van der Waals surface area contributed by atoms with E-state index in [1.165, 1.54) is 0 Å². The molecular formula is C14H21NO2. The Labute approximate surface area is 103 Å². The Morgan fingerprint density at radius 1 is 1.12 bits per heavy atom. The molecule has 1 aliphatic carbocycles. The quantitative estimate of drug-likeness (QED) is 0.782. The Morgan fingerprint density at radius 3 is 2.29 bits per heavy atom. The maximum Gasteiger partial charge on any atom is 0.145 e. The number of aromatic nitrogens is 1. The number of nitrogens with zero attached hydrogens (tertiary/aromatic N) is 1. The Balaban J connectivity index is 2.29. The van der Waals surface area contributed by atoms with Gasteiger partial charge in [-0.15, -0.1) is 0 Å². The van der Waals surface area contributed by atoms with Crippen molar-refractivity contribution in [3.63, 3.8) is 0 Å². The molecule has 0 aromatic carbocycles. The molecule has 94 valence electrons. The molecule has 17 heavy (non-hydrogen) atoms. The van der Waals surface area contributed by atoms with Gasteiger partial charge in [0, 0.05) is 5.56 Å². The van der Waals surface area contributed by atoms with Crippen molar-refractivity contribution < 1.29 is 9.47 Å². The van der Waals surface area contributed by atoms with Crippen molar-refractivity contribution >= 4 is 0 Å². The van der Waals surface area contributed by atoms with E-state index in [1.54, 1.807) is 12.4 Å². The first-order valence-corrected chi connectivity index (χ1v) is 6.39. The van der Waals surface area contributed by atoms with E-state index in [2.05, 4.69) is 18.8 Å². The lowest BCUT2D eigenvalue weighted by atomic mass is 10.0. The van der Waals surface area contributed by atoms with Crippen LogP contribution in [0, 0.1) is 0 Å². The van der Waals surface area contributed by atoms with Gasteiger partial charge in [-0.25, -0.2) is 0 Å². The molecule has 1 aliphatic rings.